The van der Waals surface area contributed by atoms with Crippen molar-refractivity contribution < 1.29 is 13.2 Å². The summed E-state index contributed by atoms with van der Waals surface area (Å²) in [5.74, 6) is 0.00588. The molecule has 0 unspecified atom stereocenters. The molecule has 1 N–H and O–H groups in total. The second-order valence-corrected chi connectivity index (χ2v) is 14.5. The molecule has 0 bridgehead atoms. The first-order valence-electron chi connectivity index (χ1n) is 15.9. The summed E-state index contributed by atoms with van der Waals surface area (Å²) in [4.78, 5) is 22.0. The number of hydrogen-bond acceptors (Lipinski definition) is 6. The van der Waals surface area contributed by atoms with Gasteiger partial charge in [0.1, 0.15) is 0 Å². The zero-order valence-corrected chi connectivity index (χ0v) is 27.6. The van der Waals surface area contributed by atoms with Crippen LogP contribution in [0, 0.1) is 13.8 Å². The molecule has 7 rings (SSSR count). The van der Waals surface area contributed by atoms with E-state index >= 15 is 0 Å². The second-order valence-electron chi connectivity index (χ2n) is 12.7. The molecule has 8 nitrogen and oxygen atoms in total. The van der Waals surface area contributed by atoms with Crippen LogP contribution in [-0.2, 0) is 16.4 Å². The van der Waals surface area contributed by atoms with Gasteiger partial charge in [-0.1, -0.05) is 35.9 Å². The Morgan fingerprint density at radius 3 is 2.30 bits per heavy atom. The van der Waals surface area contributed by atoms with Crippen LogP contribution in [0.4, 0.5) is 5.69 Å². The van der Waals surface area contributed by atoms with Crippen LogP contribution in [0.3, 0.4) is 0 Å². The fourth-order valence-corrected chi connectivity index (χ4v) is 8.17. The predicted octanol–water partition coefficient (Wildman–Crippen LogP) is 6.04. The van der Waals surface area contributed by atoms with Gasteiger partial charge in [-0.15, -0.1) is 0 Å². The van der Waals surface area contributed by atoms with E-state index < -0.39 is 10.0 Å². The topological polar surface area (TPSA) is 87.5 Å². The number of hydrogen-bond donors (Lipinski definition) is 1. The first-order chi connectivity index (χ1) is 22.1. The molecule has 1 amide bonds. The van der Waals surface area contributed by atoms with E-state index in [4.69, 9.17) is 4.98 Å². The fraction of sp³-hybridized carbons (Fsp3) is 0.297. The van der Waals surface area contributed by atoms with Gasteiger partial charge >= 0.3 is 0 Å². The van der Waals surface area contributed by atoms with E-state index in [-0.39, 0.29) is 10.8 Å². The average molecular weight is 634 g/mol. The van der Waals surface area contributed by atoms with E-state index in [1.807, 2.05) is 45.3 Å². The van der Waals surface area contributed by atoms with Gasteiger partial charge in [-0.3, -0.25) is 4.79 Å². The molecule has 9 heteroatoms. The van der Waals surface area contributed by atoms with Crippen molar-refractivity contribution in [1.29, 1.82) is 0 Å². The molecule has 2 aliphatic rings. The summed E-state index contributed by atoms with van der Waals surface area (Å²) < 4.78 is 29.3. The van der Waals surface area contributed by atoms with E-state index in [1.165, 1.54) is 15.2 Å². The molecular formula is C37H39N5O3S. The van der Waals surface area contributed by atoms with Gasteiger partial charge < -0.3 is 15.1 Å². The Morgan fingerprint density at radius 1 is 0.848 bits per heavy atom. The van der Waals surface area contributed by atoms with E-state index in [0.717, 1.165) is 71.1 Å². The van der Waals surface area contributed by atoms with Crippen molar-refractivity contribution in [1.82, 2.24) is 19.2 Å². The standard InChI is InChI=1S/C37H39N5O3S/c1-24-5-9-31(10-6-24)46(44,45)42-23-34(27-7-11-32-28(20-27)13-16-40(4)37(32)43)33-21-29(22-39-36(33)42)26-8-12-35(25(2)19-26)41-17-14-30(38-3)15-18-41/h5-12,19-23,30,38H,13-18H2,1-4H3. The number of nitrogens with zero attached hydrogens (tertiary/aromatic N) is 4. The highest BCUT2D eigenvalue weighted by Gasteiger charge is 2.26. The summed E-state index contributed by atoms with van der Waals surface area (Å²) in [6.07, 6.45) is 6.43. The first-order valence-corrected chi connectivity index (χ1v) is 17.3. The molecule has 0 saturated carbocycles. The quantitative estimate of drug-likeness (QED) is 0.245. The Balaban J connectivity index is 1.34. The number of nitrogens with one attached hydrogen (secondary N) is 1. The molecule has 5 aromatic rings. The van der Waals surface area contributed by atoms with Crippen LogP contribution >= 0.6 is 0 Å². The molecule has 2 aliphatic heterocycles. The third kappa shape index (κ3) is 5.27. The minimum Gasteiger partial charge on any atom is -0.371 e. The van der Waals surface area contributed by atoms with Gasteiger partial charge in [0.05, 0.1) is 4.90 Å². The second kappa shape index (κ2) is 11.7. The van der Waals surface area contributed by atoms with Crippen LogP contribution in [-0.4, -0.2) is 68.0 Å². The van der Waals surface area contributed by atoms with Gasteiger partial charge in [-0.2, -0.15) is 0 Å². The number of likely N-dealkylation sites (N-methyl/N-ethyl adjacent to an activating group) is 1. The molecule has 46 heavy (non-hydrogen) atoms. The summed E-state index contributed by atoms with van der Waals surface area (Å²) in [6.45, 7) is 6.77. The largest absolute Gasteiger partial charge is 0.371 e. The number of aryl methyl sites for hydroxylation is 2. The minimum absolute atomic E-state index is 0.00588. The molecule has 1 fully saturated rings. The fourth-order valence-electron chi connectivity index (χ4n) is 6.85. The number of amides is 1. The zero-order valence-electron chi connectivity index (χ0n) is 26.7. The molecule has 0 spiro atoms. The van der Waals surface area contributed by atoms with Crippen molar-refractivity contribution in [2.75, 3.05) is 38.6 Å². The van der Waals surface area contributed by atoms with Crippen LogP contribution in [0.25, 0.3) is 33.3 Å². The van der Waals surface area contributed by atoms with E-state index in [9.17, 15) is 13.2 Å². The van der Waals surface area contributed by atoms with Crippen molar-refractivity contribution in [2.45, 2.75) is 44.0 Å². The summed E-state index contributed by atoms with van der Waals surface area (Å²) >= 11 is 0. The lowest BCUT2D eigenvalue weighted by molar-refractivity contribution is 0.0781. The number of piperidine rings is 1. The molecular weight excluding hydrogens is 595 g/mol. The van der Waals surface area contributed by atoms with Crippen molar-refractivity contribution in [3.05, 3.63) is 101 Å². The number of carbonyl (C=O) groups is 1. The predicted molar refractivity (Wildman–Crippen MR) is 184 cm³/mol. The average Bonchev–Trinajstić information content (AvgIpc) is 3.46. The Labute approximate surface area is 270 Å². The van der Waals surface area contributed by atoms with Gasteiger partial charge in [0.25, 0.3) is 15.9 Å². The molecule has 0 atom stereocenters. The number of carbonyl (C=O) groups excluding carboxylic acids is 1. The maximum Gasteiger partial charge on any atom is 0.269 e. The summed E-state index contributed by atoms with van der Waals surface area (Å²) in [7, 11) is -0.0766. The van der Waals surface area contributed by atoms with Crippen LogP contribution < -0.4 is 10.2 Å². The maximum absolute atomic E-state index is 14.0. The number of anilines is 1. The third-order valence-electron chi connectivity index (χ3n) is 9.67. The van der Waals surface area contributed by atoms with Crippen LogP contribution in [0.1, 0.15) is 39.9 Å². The van der Waals surface area contributed by atoms with Gasteiger partial charge in [0, 0.05) is 72.9 Å². The molecule has 1 saturated heterocycles. The minimum atomic E-state index is -3.93. The van der Waals surface area contributed by atoms with Gasteiger partial charge in [0.2, 0.25) is 0 Å². The number of rotatable bonds is 6. The highest BCUT2D eigenvalue weighted by molar-refractivity contribution is 7.90. The smallest absolute Gasteiger partial charge is 0.269 e. The van der Waals surface area contributed by atoms with E-state index in [2.05, 4.69) is 35.3 Å². The van der Waals surface area contributed by atoms with Crippen LogP contribution in [0.5, 0.6) is 0 Å². The molecule has 0 radical (unpaired) electrons. The lowest BCUT2D eigenvalue weighted by atomic mass is 9.94. The van der Waals surface area contributed by atoms with Crippen molar-refractivity contribution in [3.63, 3.8) is 0 Å². The Morgan fingerprint density at radius 2 is 1.59 bits per heavy atom. The highest BCUT2D eigenvalue weighted by atomic mass is 32.2. The molecule has 4 heterocycles. The van der Waals surface area contributed by atoms with E-state index in [0.29, 0.717) is 23.8 Å². The molecule has 236 valence electrons. The van der Waals surface area contributed by atoms with Crippen LogP contribution in [0.2, 0.25) is 0 Å². The first kappa shape index (κ1) is 30.2. The Kier molecular flexibility index (Phi) is 7.69. The maximum atomic E-state index is 14.0. The van der Waals surface area contributed by atoms with Crippen molar-refractivity contribution in [3.8, 4) is 22.3 Å². The lowest BCUT2D eigenvalue weighted by Gasteiger charge is -2.34. The number of fused-ring (bicyclic) bond motifs is 2. The SMILES string of the molecule is CNC1CCN(c2ccc(-c3cnc4c(c3)c(-c3ccc5c(c3)CCN(C)C5=O)cn4S(=O)(=O)c3ccc(C)cc3)cc2C)CC1. The highest BCUT2D eigenvalue weighted by Crippen LogP contribution is 2.37. The van der Waals surface area contributed by atoms with Gasteiger partial charge in [0.15, 0.2) is 5.65 Å². The Hall–Kier alpha value is -4.47. The number of pyridine rings is 1. The monoisotopic (exact) mass is 633 g/mol. The summed E-state index contributed by atoms with van der Waals surface area (Å²) in [5, 5.41) is 4.14. The normalized spacial score (nSPS) is 15.9. The zero-order chi connectivity index (χ0) is 32.2. The van der Waals surface area contributed by atoms with Gasteiger partial charge in [-0.25, -0.2) is 17.4 Å². The van der Waals surface area contributed by atoms with Crippen molar-refractivity contribution >= 4 is 32.7 Å². The Bertz CT molecular complexity index is 2080. The summed E-state index contributed by atoms with van der Waals surface area (Å²) in [5.41, 5.74) is 9.02. The third-order valence-corrected chi connectivity index (χ3v) is 11.3. The van der Waals surface area contributed by atoms with Crippen molar-refractivity contribution in [2.24, 2.45) is 0 Å². The van der Waals surface area contributed by atoms with E-state index in [1.54, 1.807) is 41.6 Å². The number of aromatic nitrogens is 2. The molecule has 3 aromatic carbocycles. The lowest BCUT2D eigenvalue weighted by Crippen LogP contribution is -2.41. The molecule has 0 aliphatic carbocycles. The number of benzene rings is 3. The van der Waals surface area contributed by atoms with Gasteiger partial charge in [-0.05, 0) is 98.8 Å². The van der Waals surface area contributed by atoms with Crippen LogP contribution in [0.15, 0.2) is 84.0 Å². The summed E-state index contributed by atoms with van der Waals surface area (Å²) in [6, 6.07) is 21.8. The molecule has 2 aromatic heterocycles.